The molecule has 0 aromatic heterocycles. The number of morpholine rings is 1. The maximum absolute atomic E-state index is 10.7. The van der Waals surface area contributed by atoms with Crippen LogP contribution in [0.2, 0.25) is 0 Å². The molecule has 0 bridgehead atoms. The highest BCUT2D eigenvalue weighted by Crippen LogP contribution is 2.14. The Bertz CT molecular complexity index is 339. The monoisotopic (exact) mass is 219 g/mol. The van der Waals surface area contributed by atoms with Crippen LogP contribution in [0.15, 0.2) is 30.3 Å². The van der Waals surface area contributed by atoms with E-state index < -0.39 is 0 Å². The first-order chi connectivity index (χ1) is 7.79. The number of rotatable bonds is 3. The number of ether oxygens (including phenoxy) is 1. The topological polar surface area (TPSA) is 29.5 Å². The van der Waals surface area contributed by atoms with E-state index in [0.717, 1.165) is 12.8 Å². The molecule has 1 fully saturated rings. The van der Waals surface area contributed by atoms with Gasteiger partial charge in [0, 0.05) is 19.1 Å². The van der Waals surface area contributed by atoms with Crippen molar-refractivity contribution in [1.29, 1.82) is 0 Å². The Balaban J connectivity index is 1.99. The van der Waals surface area contributed by atoms with Crippen LogP contribution in [0.1, 0.15) is 12.5 Å². The lowest BCUT2D eigenvalue weighted by Crippen LogP contribution is -2.48. The first kappa shape index (κ1) is 11.3. The molecule has 16 heavy (non-hydrogen) atoms. The number of hydrogen-bond donors (Lipinski definition) is 0. The van der Waals surface area contributed by atoms with Crippen LogP contribution >= 0.6 is 0 Å². The fourth-order valence-electron chi connectivity index (χ4n) is 1.95. The first-order valence-corrected chi connectivity index (χ1v) is 5.64. The molecule has 0 N–H and O–H groups in total. The molecule has 0 saturated carbocycles. The van der Waals surface area contributed by atoms with Crippen molar-refractivity contribution >= 4 is 6.29 Å². The number of carbonyl (C=O) groups is 1. The second kappa shape index (κ2) is 5.23. The molecule has 1 saturated heterocycles. The normalized spacial score (nSPS) is 26.6. The van der Waals surface area contributed by atoms with Crippen molar-refractivity contribution in [3.8, 4) is 0 Å². The zero-order valence-electron chi connectivity index (χ0n) is 9.50. The van der Waals surface area contributed by atoms with Gasteiger partial charge < -0.3 is 9.53 Å². The van der Waals surface area contributed by atoms with Gasteiger partial charge in [0.05, 0.1) is 6.61 Å². The van der Waals surface area contributed by atoms with Crippen LogP contribution in [0.4, 0.5) is 0 Å². The molecule has 1 aliphatic rings. The maximum Gasteiger partial charge on any atom is 0.150 e. The van der Waals surface area contributed by atoms with E-state index in [1.54, 1.807) is 0 Å². The van der Waals surface area contributed by atoms with Crippen LogP contribution in [0.5, 0.6) is 0 Å². The van der Waals surface area contributed by atoms with E-state index in [-0.39, 0.29) is 6.10 Å². The van der Waals surface area contributed by atoms with Gasteiger partial charge in [0.25, 0.3) is 0 Å². The van der Waals surface area contributed by atoms with Crippen molar-refractivity contribution in [2.24, 2.45) is 0 Å². The van der Waals surface area contributed by atoms with Crippen LogP contribution in [0.25, 0.3) is 0 Å². The molecule has 3 nitrogen and oxygen atoms in total. The summed E-state index contributed by atoms with van der Waals surface area (Å²) in [5.74, 6) is 0. The molecule has 0 radical (unpaired) electrons. The van der Waals surface area contributed by atoms with Gasteiger partial charge in [-0.25, -0.2) is 0 Å². The Labute approximate surface area is 96.0 Å². The molecule has 86 valence electrons. The van der Waals surface area contributed by atoms with Crippen molar-refractivity contribution in [3.63, 3.8) is 0 Å². The van der Waals surface area contributed by atoms with E-state index in [0.29, 0.717) is 19.2 Å². The standard InChI is InChI=1S/C13H17NO2/c1-11-10-16-13(9-15)8-14(11)7-12-5-3-2-4-6-12/h2-6,9,11,13H,7-8,10H2,1H3/t11-,13?/m0/s1. The van der Waals surface area contributed by atoms with Gasteiger partial charge in [-0.1, -0.05) is 30.3 Å². The average Bonchev–Trinajstić information content (AvgIpc) is 2.33. The zero-order valence-corrected chi connectivity index (χ0v) is 9.50. The zero-order chi connectivity index (χ0) is 11.4. The number of hydrogen-bond acceptors (Lipinski definition) is 3. The fraction of sp³-hybridized carbons (Fsp3) is 0.462. The van der Waals surface area contributed by atoms with Gasteiger partial charge in [0.1, 0.15) is 12.4 Å². The molecule has 0 aliphatic carbocycles. The molecule has 1 aliphatic heterocycles. The van der Waals surface area contributed by atoms with Crippen molar-refractivity contribution < 1.29 is 9.53 Å². The molecule has 2 rings (SSSR count). The molecule has 1 heterocycles. The van der Waals surface area contributed by atoms with Crippen LogP contribution in [-0.4, -0.2) is 36.5 Å². The van der Waals surface area contributed by atoms with E-state index in [1.807, 2.05) is 18.2 Å². The van der Waals surface area contributed by atoms with Gasteiger partial charge in [0.15, 0.2) is 0 Å². The number of benzene rings is 1. The average molecular weight is 219 g/mol. The summed E-state index contributed by atoms with van der Waals surface area (Å²) in [6.45, 7) is 4.34. The molecule has 0 amide bonds. The van der Waals surface area contributed by atoms with E-state index in [9.17, 15) is 4.79 Å². The fourth-order valence-corrected chi connectivity index (χ4v) is 1.95. The van der Waals surface area contributed by atoms with E-state index in [4.69, 9.17) is 4.74 Å². The Hall–Kier alpha value is -1.19. The lowest BCUT2D eigenvalue weighted by atomic mass is 10.1. The third-order valence-corrected chi connectivity index (χ3v) is 2.97. The predicted octanol–water partition coefficient (Wildman–Crippen LogP) is 1.47. The Morgan fingerprint density at radius 1 is 1.44 bits per heavy atom. The largest absolute Gasteiger partial charge is 0.368 e. The smallest absolute Gasteiger partial charge is 0.150 e. The summed E-state index contributed by atoms with van der Waals surface area (Å²) in [5.41, 5.74) is 1.28. The minimum atomic E-state index is -0.264. The molecule has 3 heteroatoms. The Morgan fingerprint density at radius 2 is 2.19 bits per heavy atom. The molecular weight excluding hydrogens is 202 g/mol. The Kier molecular flexibility index (Phi) is 3.70. The molecule has 2 atom stereocenters. The van der Waals surface area contributed by atoms with Crippen molar-refractivity contribution in [2.45, 2.75) is 25.6 Å². The van der Waals surface area contributed by atoms with E-state index in [2.05, 4.69) is 24.0 Å². The van der Waals surface area contributed by atoms with Crippen molar-refractivity contribution in [1.82, 2.24) is 4.90 Å². The molecule has 1 aromatic carbocycles. The summed E-state index contributed by atoms with van der Waals surface area (Å²) >= 11 is 0. The minimum Gasteiger partial charge on any atom is -0.368 e. The highest BCUT2D eigenvalue weighted by molar-refractivity contribution is 5.56. The molecule has 1 unspecified atom stereocenters. The Morgan fingerprint density at radius 3 is 2.88 bits per heavy atom. The minimum absolute atomic E-state index is 0.264. The molecule has 1 aromatic rings. The van der Waals surface area contributed by atoms with Gasteiger partial charge in [-0.3, -0.25) is 4.90 Å². The summed E-state index contributed by atoms with van der Waals surface area (Å²) in [5, 5.41) is 0. The lowest BCUT2D eigenvalue weighted by molar-refractivity contribution is -0.127. The van der Waals surface area contributed by atoms with Crippen LogP contribution in [-0.2, 0) is 16.1 Å². The van der Waals surface area contributed by atoms with Crippen molar-refractivity contribution in [2.75, 3.05) is 13.2 Å². The van der Waals surface area contributed by atoms with Gasteiger partial charge in [-0.15, -0.1) is 0 Å². The van der Waals surface area contributed by atoms with Gasteiger partial charge in [-0.05, 0) is 12.5 Å². The highest BCUT2D eigenvalue weighted by atomic mass is 16.5. The van der Waals surface area contributed by atoms with E-state index in [1.165, 1.54) is 5.56 Å². The SMILES string of the molecule is C[C@H]1COC(C=O)CN1Cc1ccccc1. The third kappa shape index (κ3) is 2.68. The summed E-state index contributed by atoms with van der Waals surface area (Å²) in [7, 11) is 0. The molecular formula is C13H17NO2. The van der Waals surface area contributed by atoms with Crippen molar-refractivity contribution in [3.05, 3.63) is 35.9 Å². The summed E-state index contributed by atoms with van der Waals surface area (Å²) in [6, 6.07) is 10.7. The summed E-state index contributed by atoms with van der Waals surface area (Å²) in [4.78, 5) is 13.0. The highest BCUT2D eigenvalue weighted by Gasteiger charge is 2.25. The summed E-state index contributed by atoms with van der Waals surface area (Å²) in [6.07, 6.45) is 0.629. The van der Waals surface area contributed by atoms with Crippen LogP contribution < -0.4 is 0 Å². The van der Waals surface area contributed by atoms with Crippen LogP contribution in [0.3, 0.4) is 0 Å². The molecule has 0 spiro atoms. The predicted molar refractivity (Wildman–Crippen MR) is 62.1 cm³/mol. The van der Waals surface area contributed by atoms with Crippen LogP contribution in [0, 0.1) is 0 Å². The third-order valence-electron chi connectivity index (χ3n) is 2.97. The summed E-state index contributed by atoms with van der Waals surface area (Å²) < 4.78 is 5.40. The second-order valence-corrected chi connectivity index (χ2v) is 4.27. The maximum atomic E-state index is 10.7. The van der Waals surface area contributed by atoms with Gasteiger partial charge in [-0.2, -0.15) is 0 Å². The number of aldehydes is 1. The second-order valence-electron chi connectivity index (χ2n) is 4.27. The van der Waals surface area contributed by atoms with Gasteiger partial charge in [0.2, 0.25) is 0 Å². The van der Waals surface area contributed by atoms with E-state index >= 15 is 0 Å². The number of nitrogens with zero attached hydrogens (tertiary/aromatic N) is 1. The lowest BCUT2D eigenvalue weighted by Gasteiger charge is -2.36. The number of carbonyl (C=O) groups excluding carboxylic acids is 1. The van der Waals surface area contributed by atoms with Gasteiger partial charge >= 0.3 is 0 Å². The quantitative estimate of drug-likeness (QED) is 0.721. The first-order valence-electron chi connectivity index (χ1n) is 5.64.